The molecule has 3 aromatic rings. The predicted octanol–water partition coefficient (Wildman–Crippen LogP) is 4.85. The third-order valence-electron chi connectivity index (χ3n) is 4.28. The minimum atomic E-state index is -0.365. The number of rotatable bonds is 7. The fraction of sp³-hybridized carbons (Fsp3) is 0.130. The van der Waals surface area contributed by atoms with Crippen molar-refractivity contribution in [1.29, 1.82) is 0 Å². The monoisotopic (exact) mass is 408 g/mol. The molecule has 0 radical (unpaired) electrons. The second-order valence-corrected chi connectivity index (χ2v) is 6.88. The van der Waals surface area contributed by atoms with E-state index >= 15 is 0 Å². The van der Waals surface area contributed by atoms with Gasteiger partial charge in [-0.3, -0.25) is 9.59 Å². The molecule has 6 heteroatoms. The lowest BCUT2D eigenvalue weighted by molar-refractivity contribution is -0.118. The molecule has 0 aliphatic carbocycles. The molecule has 0 spiro atoms. The van der Waals surface area contributed by atoms with Gasteiger partial charge < -0.3 is 15.4 Å². The highest BCUT2D eigenvalue weighted by atomic mass is 35.5. The lowest BCUT2D eigenvalue weighted by Gasteiger charge is -2.16. The van der Waals surface area contributed by atoms with E-state index < -0.39 is 0 Å². The van der Waals surface area contributed by atoms with Crippen LogP contribution in [0.1, 0.15) is 28.9 Å². The van der Waals surface area contributed by atoms with Crippen LogP contribution in [0.3, 0.4) is 0 Å². The van der Waals surface area contributed by atoms with Crippen LogP contribution in [-0.4, -0.2) is 18.4 Å². The Labute approximate surface area is 174 Å². The molecule has 2 N–H and O–H groups in total. The van der Waals surface area contributed by atoms with Crippen molar-refractivity contribution in [2.75, 3.05) is 11.9 Å². The van der Waals surface area contributed by atoms with Gasteiger partial charge in [0, 0.05) is 5.02 Å². The molecule has 148 valence electrons. The van der Waals surface area contributed by atoms with Crippen LogP contribution in [0.15, 0.2) is 78.9 Å². The maximum absolute atomic E-state index is 12.7. The largest absolute Gasteiger partial charge is 0.484 e. The van der Waals surface area contributed by atoms with Crippen LogP contribution in [0.25, 0.3) is 0 Å². The Morgan fingerprint density at radius 2 is 1.59 bits per heavy atom. The summed E-state index contributed by atoms with van der Waals surface area (Å²) in [5, 5.41) is 6.28. The van der Waals surface area contributed by atoms with Crippen LogP contribution in [0.4, 0.5) is 5.69 Å². The highest BCUT2D eigenvalue weighted by Gasteiger charge is 2.16. The van der Waals surface area contributed by atoms with Crippen molar-refractivity contribution in [3.8, 4) is 5.75 Å². The molecule has 0 saturated carbocycles. The normalized spacial score (nSPS) is 11.4. The number of hydrogen-bond donors (Lipinski definition) is 2. The highest BCUT2D eigenvalue weighted by molar-refractivity contribution is 6.30. The second kappa shape index (κ2) is 9.75. The number of anilines is 1. The maximum atomic E-state index is 12.7. The predicted molar refractivity (Wildman–Crippen MR) is 114 cm³/mol. The van der Waals surface area contributed by atoms with Crippen LogP contribution >= 0.6 is 11.6 Å². The van der Waals surface area contributed by atoms with E-state index in [-0.39, 0.29) is 24.5 Å². The van der Waals surface area contributed by atoms with E-state index in [0.29, 0.717) is 22.0 Å². The Balaban J connectivity index is 1.62. The number of nitrogens with one attached hydrogen (secondary N) is 2. The standard InChI is InChI=1S/C23H21ClN2O3/c1-16(17-7-3-2-4-8-17)25-23(28)20-9-5-6-10-21(20)26-22(27)15-29-19-13-11-18(24)12-14-19/h2-14,16H,15H2,1H3,(H,25,28)(H,26,27)/t16-/m1/s1. The van der Waals surface area contributed by atoms with Crippen molar-refractivity contribution < 1.29 is 14.3 Å². The minimum absolute atomic E-state index is 0.166. The summed E-state index contributed by atoms with van der Waals surface area (Å²) in [5.41, 5.74) is 1.81. The third kappa shape index (κ3) is 5.83. The van der Waals surface area contributed by atoms with Crippen LogP contribution in [0.2, 0.25) is 5.02 Å². The number of benzene rings is 3. The van der Waals surface area contributed by atoms with E-state index in [1.165, 1.54) is 0 Å². The van der Waals surface area contributed by atoms with Gasteiger partial charge in [0.15, 0.2) is 6.61 Å². The number of amides is 2. The Morgan fingerprint density at radius 3 is 2.31 bits per heavy atom. The van der Waals surface area contributed by atoms with Crippen LogP contribution in [-0.2, 0) is 4.79 Å². The molecule has 0 aliphatic heterocycles. The first-order valence-corrected chi connectivity index (χ1v) is 9.54. The molecule has 3 rings (SSSR count). The molecular weight excluding hydrogens is 388 g/mol. The van der Waals surface area contributed by atoms with Gasteiger partial charge in [-0.25, -0.2) is 0 Å². The first kappa shape index (κ1) is 20.4. The van der Waals surface area contributed by atoms with Gasteiger partial charge in [0.2, 0.25) is 0 Å². The van der Waals surface area contributed by atoms with E-state index in [1.54, 1.807) is 48.5 Å². The smallest absolute Gasteiger partial charge is 0.262 e. The molecule has 1 atom stereocenters. The van der Waals surface area contributed by atoms with Gasteiger partial charge in [0.1, 0.15) is 5.75 Å². The molecule has 29 heavy (non-hydrogen) atoms. The molecule has 0 heterocycles. The molecule has 3 aromatic carbocycles. The van der Waals surface area contributed by atoms with Crippen LogP contribution < -0.4 is 15.4 Å². The summed E-state index contributed by atoms with van der Waals surface area (Å²) in [5.74, 6) is -0.0977. The number of para-hydroxylation sites is 1. The number of carbonyl (C=O) groups excluding carboxylic acids is 2. The van der Waals surface area contributed by atoms with Crippen molar-refractivity contribution in [3.05, 3.63) is 95.0 Å². The summed E-state index contributed by atoms with van der Waals surface area (Å²) in [6, 6.07) is 23.1. The summed E-state index contributed by atoms with van der Waals surface area (Å²) >= 11 is 5.83. The fourth-order valence-electron chi connectivity index (χ4n) is 2.76. The molecule has 5 nitrogen and oxygen atoms in total. The van der Waals surface area contributed by atoms with Gasteiger partial charge in [-0.15, -0.1) is 0 Å². The molecule has 0 aliphatic rings. The van der Waals surface area contributed by atoms with E-state index in [1.807, 2.05) is 37.3 Å². The van der Waals surface area contributed by atoms with Gasteiger partial charge in [0.25, 0.3) is 11.8 Å². The molecule has 0 aromatic heterocycles. The van der Waals surface area contributed by atoms with Crippen molar-refractivity contribution in [2.24, 2.45) is 0 Å². The van der Waals surface area contributed by atoms with Crippen molar-refractivity contribution in [3.63, 3.8) is 0 Å². The highest BCUT2D eigenvalue weighted by Crippen LogP contribution is 2.19. The molecule has 0 unspecified atom stereocenters. The van der Waals surface area contributed by atoms with Gasteiger partial charge in [-0.1, -0.05) is 54.1 Å². The lowest BCUT2D eigenvalue weighted by Crippen LogP contribution is -2.28. The number of ether oxygens (including phenoxy) is 1. The van der Waals surface area contributed by atoms with Crippen LogP contribution in [0, 0.1) is 0 Å². The topological polar surface area (TPSA) is 67.4 Å². The lowest BCUT2D eigenvalue weighted by atomic mass is 10.1. The first-order valence-electron chi connectivity index (χ1n) is 9.16. The molecule has 0 bridgehead atoms. The molecule has 0 saturated heterocycles. The number of carbonyl (C=O) groups is 2. The molecule has 0 fully saturated rings. The average molecular weight is 409 g/mol. The SMILES string of the molecule is C[C@@H](NC(=O)c1ccccc1NC(=O)COc1ccc(Cl)cc1)c1ccccc1. The fourth-order valence-corrected chi connectivity index (χ4v) is 2.88. The minimum Gasteiger partial charge on any atom is -0.484 e. The Morgan fingerprint density at radius 1 is 0.931 bits per heavy atom. The van der Waals surface area contributed by atoms with E-state index in [4.69, 9.17) is 16.3 Å². The summed E-state index contributed by atoms with van der Waals surface area (Å²) in [7, 11) is 0. The van der Waals surface area contributed by atoms with Gasteiger partial charge >= 0.3 is 0 Å². The second-order valence-electron chi connectivity index (χ2n) is 6.44. The van der Waals surface area contributed by atoms with Crippen LogP contribution in [0.5, 0.6) is 5.75 Å². The first-order chi connectivity index (χ1) is 14.0. The Bertz CT molecular complexity index is 975. The van der Waals surface area contributed by atoms with Crippen molar-refractivity contribution >= 4 is 29.1 Å². The summed E-state index contributed by atoms with van der Waals surface area (Å²) < 4.78 is 5.45. The average Bonchev–Trinajstić information content (AvgIpc) is 2.74. The van der Waals surface area contributed by atoms with E-state index in [9.17, 15) is 9.59 Å². The quantitative estimate of drug-likeness (QED) is 0.587. The Hall–Kier alpha value is -3.31. The number of hydrogen-bond acceptors (Lipinski definition) is 3. The zero-order valence-electron chi connectivity index (χ0n) is 15.9. The molecule has 2 amide bonds. The van der Waals surface area contributed by atoms with Gasteiger partial charge in [-0.2, -0.15) is 0 Å². The van der Waals surface area contributed by atoms with Crippen molar-refractivity contribution in [2.45, 2.75) is 13.0 Å². The van der Waals surface area contributed by atoms with E-state index in [2.05, 4.69) is 10.6 Å². The Kier molecular flexibility index (Phi) is 6.87. The van der Waals surface area contributed by atoms with E-state index in [0.717, 1.165) is 5.56 Å². The van der Waals surface area contributed by atoms with Gasteiger partial charge in [-0.05, 0) is 48.9 Å². The maximum Gasteiger partial charge on any atom is 0.262 e. The summed E-state index contributed by atoms with van der Waals surface area (Å²) in [6.45, 7) is 1.73. The zero-order chi connectivity index (χ0) is 20.6. The molecular formula is C23H21ClN2O3. The number of halogens is 1. The van der Waals surface area contributed by atoms with Gasteiger partial charge in [0.05, 0.1) is 17.3 Å². The third-order valence-corrected chi connectivity index (χ3v) is 4.53. The summed E-state index contributed by atoms with van der Waals surface area (Å²) in [4.78, 5) is 25.0. The summed E-state index contributed by atoms with van der Waals surface area (Å²) in [6.07, 6.45) is 0. The van der Waals surface area contributed by atoms with Crippen molar-refractivity contribution in [1.82, 2.24) is 5.32 Å². The zero-order valence-corrected chi connectivity index (χ0v) is 16.6.